The Kier molecular flexibility index (Phi) is 5.42. The summed E-state index contributed by atoms with van der Waals surface area (Å²) in [4.78, 5) is 31.5. The summed E-state index contributed by atoms with van der Waals surface area (Å²) in [5.74, 6) is -0.123. The van der Waals surface area contributed by atoms with E-state index >= 15 is 0 Å². The van der Waals surface area contributed by atoms with Crippen molar-refractivity contribution in [2.45, 2.75) is 12.8 Å². The first-order valence-electron chi connectivity index (χ1n) is 10.8. The number of nitrogens with zero attached hydrogens (tertiary/aromatic N) is 2. The number of nitrogens with one attached hydrogen (secondary N) is 1. The van der Waals surface area contributed by atoms with Gasteiger partial charge in [-0.05, 0) is 41.8 Å². The van der Waals surface area contributed by atoms with Crippen molar-refractivity contribution in [3.8, 4) is 0 Å². The minimum atomic E-state index is -0.447. The highest BCUT2D eigenvalue weighted by molar-refractivity contribution is 6.16. The number of amides is 1. The van der Waals surface area contributed by atoms with Crippen LogP contribution < -0.4 is 5.32 Å². The van der Waals surface area contributed by atoms with Gasteiger partial charge in [0.1, 0.15) is 0 Å². The number of ether oxygens (including phenoxy) is 1. The maximum absolute atomic E-state index is 12.5. The zero-order valence-corrected chi connectivity index (χ0v) is 17.5. The number of benzene rings is 3. The molecule has 0 atom stereocenters. The Balaban J connectivity index is 1.26. The van der Waals surface area contributed by atoms with Crippen LogP contribution in [0.2, 0.25) is 0 Å². The molecule has 3 aromatic rings. The lowest BCUT2D eigenvalue weighted by Gasteiger charge is -2.30. The van der Waals surface area contributed by atoms with E-state index in [9.17, 15) is 9.59 Å². The number of cyclic esters (lactones) is 1. The van der Waals surface area contributed by atoms with Crippen molar-refractivity contribution in [1.82, 2.24) is 4.90 Å². The molecule has 0 radical (unpaired) electrons. The Hall–Kier alpha value is -3.93. The number of carbonyl (C=O) groups excluding carboxylic acids is 2. The van der Waals surface area contributed by atoms with E-state index in [4.69, 9.17) is 4.74 Å². The van der Waals surface area contributed by atoms with Crippen molar-refractivity contribution in [1.29, 1.82) is 0 Å². The van der Waals surface area contributed by atoms with E-state index in [0.29, 0.717) is 24.7 Å². The summed E-state index contributed by atoms with van der Waals surface area (Å²) in [6.45, 7) is 1.37. The molecule has 1 amide bonds. The monoisotopic (exact) mass is 425 g/mol. The first kappa shape index (κ1) is 20.0. The van der Waals surface area contributed by atoms with E-state index in [2.05, 4.69) is 10.3 Å². The summed E-state index contributed by atoms with van der Waals surface area (Å²) in [6.07, 6.45) is 3.20. The number of aliphatic imine (C=N–C) groups is 1. The molecule has 2 aliphatic heterocycles. The van der Waals surface area contributed by atoms with Gasteiger partial charge in [-0.25, -0.2) is 9.79 Å². The average molecular weight is 425 g/mol. The molecule has 5 rings (SSSR count). The third kappa shape index (κ3) is 4.12. The number of carbonyl (C=O) groups is 2. The van der Waals surface area contributed by atoms with E-state index in [1.54, 1.807) is 6.20 Å². The Morgan fingerprint density at radius 3 is 2.50 bits per heavy atom. The Bertz CT molecular complexity index is 1220. The Morgan fingerprint density at radius 2 is 1.69 bits per heavy atom. The van der Waals surface area contributed by atoms with Crippen molar-refractivity contribution < 1.29 is 14.3 Å². The van der Waals surface area contributed by atoms with E-state index in [1.165, 1.54) is 0 Å². The van der Waals surface area contributed by atoms with Crippen LogP contribution in [0.15, 0.2) is 89.7 Å². The zero-order chi connectivity index (χ0) is 21.9. The van der Waals surface area contributed by atoms with Crippen LogP contribution in [0.5, 0.6) is 0 Å². The molecular weight excluding hydrogens is 402 g/mol. The van der Waals surface area contributed by atoms with Crippen LogP contribution in [0, 0.1) is 5.92 Å². The van der Waals surface area contributed by atoms with Crippen molar-refractivity contribution in [3.05, 3.63) is 90.3 Å². The van der Waals surface area contributed by atoms with Gasteiger partial charge in [0.15, 0.2) is 5.70 Å². The number of esters is 1. The smallest absolute Gasteiger partial charge is 0.365 e. The predicted octanol–water partition coefficient (Wildman–Crippen LogP) is 4.34. The van der Waals surface area contributed by atoms with E-state index in [-0.39, 0.29) is 11.8 Å². The van der Waals surface area contributed by atoms with Crippen LogP contribution in [0.25, 0.3) is 10.8 Å². The van der Waals surface area contributed by atoms with Crippen LogP contribution in [-0.2, 0) is 14.3 Å². The van der Waals surface area contributed by atoms with Gasteiger partial charge in [-0.2, -0.15) is 0 Å². The fraction of sp³-hybridized carbons (Fsp3) is 0.192. The van der Waals surface area contributed by atoms with Crippen LogP contribution >= 0.6 is 0 Å². The molecule has 6 nitrogen and oxygen atoms in total. The van der Waals surface area contributed by atoms with Crippen LogP contribution in [0.4, 0.5) is 5.69 Å². The van der Waals surface area contributed by atoms with Gasteiger partial charge < -0.3 is 15.0 Å². The Morgan fingerprint density at radius 1 is 0.969 bits per heavy atom. The molecule has 2 heterocycles. The van der Waals surface area contributed by atoms with Gasteiger partial charge in [0.2, 0.25) is 11.8 Å². The largest absolute Gasteiger partial charge is 0.402 e. The van der Waals surface area contributed by atoms with Gasteiger partial charge in [0.25, 0.3) is 0 Å². The first-order chi connectivity index (χ1) is 15.7. The zero-order valence-electron chi connectivity index (χ0n) is 17.5. The van der Waals surface area contributed by atoms with Gasteiger partial charge in [-0.3, -0.25) is 4.79 Å². The molecule has 0 aliphatic carbocycles. The molecule has 1 saturated heterocycles. The lowest BCUT2D eigenvalue weighted by molar-refractivity contribution is -0.130. The normalized spacial score (nSPS) is 18.0. The standard InChI is InChI=1S/C26H23N3O3/c30-24(27-20-9-2-1-3-10-20)19-13-15-29(16-14-19)17-23-26(31)32-25(28-23)22-12-6-8-18-7-4-5-11-21(18)22/h1-12,17,19H,13-16H2,(H,27,30)/b23-17+. The minimum absolute atomic E-state index is 0.0417. The number of anilines is 1. The fourth-order valence-electron chi connectivity index (χ4n) is 4.16. The number of fused-ring (bicyclic) bond motifs is 1. The predicted molar refractivity (Wildman–Crippen MR) is 124 cm³/mol. The summed E-state index contributed by atoms with van der Waals surface area (Å²) in [6, 6.07) is 23.3. The fourth-order valence-corrected chi connectivity index (χ4v) is 4.16. The minimum Gasteiger partial charge on any atom is -0.402 e. The van der Waals surface area contributed by atoms with Crippen LogP contribution in [-0.4, -0.2) is 35.8 Å². The number of likely N-dealkylation sites (tertiary alicyclic amines) is 1. The number of rotatable bonds is 4. The number of piperidine rings is 1. The lowest BCUT2D eigenvalue weighted by Crippen LogP contribution is -2.35. The summed E-state index contributed by atoms with van der Waals surface area (Å²) >= 11 is 0. The number of para-hydroxylation sites is 1. The molecule has 6 heteroatoms. The summed E-state index contributed by atoms with van der Waals surface area (Å²) in [7, 11) is 0. The van der Waals surface area contributed by atoms with Crippen molar-refractivity contribution in [2.24, 2.45) is 10.9 Å². The SMILES string of the molecule is O=C1OC(c2cccc3ccccc23)=N/C1=C/N1CCC(C(=O)Nc2ccccc2)CC1. The van der Waals surface area contributed by atoms with Crippen LogP contribution in [0.3, 0.4) is 0 Å². The second-order valence-corrected chi connectivity index (χ2v) is 8.01. The molecule has 0 aromatic heterocycles. The second-order valence-electron chi connectivity index (χ2n) is 8.01. The van der Waals surface area contributed by atoms with Gasteiger partial charge in [0, 0.05) is 36.5 Å². The molecule has 1 N–H and O–H groups in total. The Labute approximate surface area is 186 Å². The van der Waals surface area contributed by atoms with Crippen molar-refractivity contribution in [3.63, 3.8) is 0 Å². The van der Waals surface area contributed by atoms with Gasteiger partial charge >= 0.3 is 5.97 Å². The quantitative estimate of drug-likeness (QED) is 0.499. The van der Waals surface area contributed by atoms with Crippen molar-refractivity contribution in [2.75, 3.05) is 18.4 Å². The molecule has 0 bridgehead atoms. The molecule has 1 fully saturated rings. The summed E-state index contributed by atoms with van der Waals surface area (Å²) in [5.41, 5.74) is 1.90. The number of hydrogen-bond acceptors (Lipinski definition) is 5. The van der Waals surface area contributed by atoms with Gasteiger partial charge in [-0.1, -0.05) is 54.6 Å². The maximum atomic E-state index is 12.5. The van der Waals surface area contributed by atoms with Gasteiger partial charge in [0.05, 0.1) is 0 Å². The van der Waals surface area contributed by atoms with Gasteiger partial charge in [-0.15, -0.1) is 0 Å². The highest BCUT2D eigenvalue weighted by Gasteiger charge is 2.28. The highest BCUT2D eigenvalue weighted by Crippen LogP contribution is 2.25. The molecule has 0 unspecified atom stereocenters. The first-order valence-corrected chi connectivity index (χ1v) is 10.8. The molecular formula is C26H23N3O3. The average Bonchev–Trinajstić information content (AvgIpc) is 3.19. The molecule has 32 heavy (non-hydrogen) atoms. The summed E-state index contributed by atoms with van der Waals surface area (Å²) < 4.78 is 5.49. The molecule has 0 spiro atoms. The maximum Gasteiger partial charge on any atom is 0.365 e. The van der Waals surface area contributed by atoms with E-state index in [1.807, 2.05) is 77.7 Å². The van der Waals surface area contributed by atoms with Crippen LogP contribution in [0.1, 0.15) is 18.4 Å². The topological polar surface area (TPSA) is 71.0 Å². The molecule has 0 saturated carbocycles. The molecule has 3 aromatic carbocycles. The summed E-state index contributed by atoms with van der Waals surface area (Å²) in [5, 5.41) is 5.04. The van der Waals surface area contributed by atoms with Crippen molar-refractivity contribution >= 4 is 34.2 Å². The number of hydrogen-bond donors (Lipinski definition) is 1. The third-order valence-electron chi connectivity index (χ3n) is 5.89. The third-order valence-corrected chi connectivity index (χ3v) is 5.89. The molecule has 160 valence electrons. The molecule has 2 aliphatic rings. The lowest BCUT2D eigenvalue weighted by atomic mass is 9.96. The van der Waals surface area contributed by atoms with E-state index in [0.717, 1.165) is 34.9 Å². The highest BCUT2D eigenvalue weighted by atomic mass is 16.6. The second kappa shape index (κ2) is 8.67. The van der Waals surface area contributed by atoms with E-state index < -0.39 is 5.97 Å².